The van der Waals surface area contributed by atoms with Gasteiger partial charge >= 0.3 is 16.1 Å². The molecule has 34 heavy (non-hydrogen) atoms. The van der Waals surface area contributed by atoms with Crippen LogP contribution >= 0.6 is 0 Å². The molecule has 3 aromatic rings. The summed E-state index contributed by atoms with van der Waals surface area (Å²) in [7, 11) is -2.38. The summed E-state index contributed by atoms with van der Waals surface area (Å²) >= 11 is 0. The number of esters is 1. The van der Waals surface area contributed by atoms with E-state index in [9.17, 15) is 13.2 Å². The van der Waals surface area contributed by atoms with Crippen molar-refractivity contribution in [2.24, 2.45) is 5.41 Å². The molecule has 1 aliphatic heterocycles. The Morgan fingerprint density at radius 3 is 2.21 bits per heavy atom. The third-order valence-corrected chi connectivity index (χ3v) is 6.97. The topological polar surface area (TPSA) is 91.4 Å². The molecular weight excluding hydrogens is 458 g/mol. The fourth-order valence-electron chi connectivity index (χ4n) is 3.77. The molecule has 0 atom stereocenters. The van der Waals surface area contributed by atoms with Gasteiger partial charge in [0.25, 0.3) is 0 Å². The summed E-state index contributed by atoms with van der Waals surface area (Å²) in [5.74, 6) is 0.902. The molecular formula is C25H27NO7S. The predicted octanol–water partition coefficient (Wildman–Crippen LogP) is 3.72. The number of aryl methyl sites for hydroxylation is 1. The molecule has 1 fully saturated rings. The fourth-order valence-corrected chi connectivity index (χ4v) is 4.71. The Kier molecular flexibility index (Phi) is 6.79. The van der Waals surface area contributed by atoms with Crippen LogP contribution in [0.5, 0.6) is 11.5 Å². The van der Waals surface area contributed by atoms with E-state index in [2.05, 4.69) is 0 Å². The van der Waals surface area contributed by atoms with E-state index in [0.29, 0.717) is 5.75 Å². The highest BCUT2D eigenvalue weighted by molar-refractivity contribution is 7.86. The van der Waals surface area contributed by atoms with Gasteiger partial charge in [0.1, 0.15) is 23.5 Å². The number of hydrogen-bond acceptors (Lipinski definition) is 8. The SMILES string of the molecule is CCOC(=O)C1(COc2ccc3cc(OC)ccc3c2)CN(OS(=O)(=O)c2ccc(C)cc2)C1. The Morgan fingerprint density at radius 2 is 1.59 bits per heavy atom. The predicted molar refractivity (Wildman–Crippen MR) is 126 cm³/mol. The van der Waals surface area contributed by atoms with E-state index in [-0.39, 0.29) is 31.2 Å². The van der Waals surface area contributed by atoms with Crippen molar-refractivity contribution in [3.8, 4) is 11.5 Å². The van der Waals surface area contributed by atoms with Crippen LogP contribution in [0, 0.1) is 12.3 Å². The van der Waals surface area contributed by atoms with Crippen LogP contribution in [0.2, 0.25) is 0 Å². The van der Waals surface area contributed by atoms with Crippen LogP contribution in [-0.2, 0) is 23.9 Å². The van der Waals surface area contributed by atoms with Gasteiger partial charge in [0, 0.05) is 13.1 Å². The highest BCUT2D eigenvalue weighted by Gasteiger charge is 2.53. The number of fused-ring (bicyclic) bond motifs is 1. The molecule has 0 aliphatic carbocycles. The molecule has 0 unspecified atom stereocenters. The fraction of sp³-hybridized carbons (Fsp3) is 0.320. The van der Waals surface area contributed by atoms with Crippen molar-refractivity contribution in [2.75, 3.05) is 33.4 Å². The Hall–Kier alpha value is -3.14. The number of hydrogen-bond donors (Lipinski definition) is 0. The highest BCUT2D eigenvalue weighted by Crippen LogP contribution is 2.35. The van der Waals surface area contributed by atoms with E-state index in [1.807, 2.05) is 43.3 Å². The average molecular weight is 486 g/mol. The van der Waals surface area contributed by atoms with Crippen molar-refractivity contribution in [3.63, 3.8) is 0 Å². The number of carbonyl (C=O) groups excluding carboxylic acids is 1. The molecule has 0 spiro atoms. The van der Waals surface area contributed by atoms with Crippen LogP contribution in [-0.4, -0.2) is 52.9 Å². The molecule has 0 N–H and O–H groups in total. The standard InChI is InChI=1S/C25H27NO7S/c1-4-31-24(27)25(15-26(16-25)33-34(28,29)23-11-5-18(2)6-12-23)17-32-22-10-8-19-13-21(30-3)9-7-20(19)14-22/h5-14H,4,15-17H2,1-3H3. The summed E-state index contributed by atoms with van der Waals surface area (Å²) in [4.78, 5) is 12.8. The van der Waals surface area contributed by atoms with Gasteiger partial charge in [-0.3, -0.25) is 4.79 Å². The Balaban J connectivity index is 1.45. The summed E-state index contributed by atoms with van der Waals surface area (Å²) in [5, 5.41) is 3.20. The van der Waals surface area contributed by atoms with Crippen LogP contribution in [0.4, 0.5) is 0 Å². The maximum atomic E-state index is 12.7. The van der Waals surface area contributed by atoms with Gasteiger partial charge in [0.15, 0.2) is 0 Å². The van der Waals surface area contributed by atoms with Crippen LogP contribution < -0.4 is 9.47 Å². The summed E-state index contributed by atoms with van der Waals surface area (Å²) < 4.78 is 46.9. The Morgan fingerprint density at radius 1 is 0.971 bits per heavy atom. The number of nitrogens with zero attached hydrogens (tertiary/aromatic N) is 1. The van der Waals surface area contributed by atoms with Crippen LogP contribution in [0.25, 0.3) is 10.8 Å². The quantitative estimate of drug-likeness (QED) is 0.424. The highest BCUT2D eigenvalue weighted by atomic mass is 32.2. The maximum absolute atomic E-state index is 12.7. The van der Waals surface area contributed by atoms with Gasteiger partial charge in [-0.25, -0.2) is 0 Å². The van der Waals surface area contributed by atoms with Crippen molar-refractivity contribution >= 4 is 26.9 Å². The molecule has 1 saturated heterocycles. The Bertz CT molecular complexity index is 1280. The molecule has 9 heteroatoms. The van der Waals surface area contributed by atoms with E-state index in [1.54, 1.807) is 26.2 Å². The number of ether oxygens (including phenoxy) is 3. The summed E-state index contributed by atoms with van der Waals surface area (Å²) in [6, 6.07) is 17.7. The molecule has 0 amide bonds. The lowest BCUT2D eigenvalue weighted by Gasteiger charge is -2.45. The van der Waals surface area contributed by atoms with Crippen LogP contribution in [0.1, 0.15) is 12.5 Å². The molecule has 180 valence electrons. The van der Waals surface area contributed by atoms with E-state index in [1.165, 1.54) is 17.2 Å². The lowest BCUT2D eigenvalue weighted by atomic mass is 9.82. The molecule has 0 aromatic heterocycles. The second kappa shape index (κ2) is 9.61. The second-order valence-electron chi connectivity index (χ2n) is 8.30. The zero-order valence-electron chi connectivity index (χ0n) is 19.3. The molecule has 0 radical (unpaired) electrons. The molecule has 0 bridgehead atoms. The van der Waals surface area contributed by atoms with E-state index >= 15 is 0 Å². The van der Waals surface area contributed by atoms with Gasteiger partial charge in [0.05, 0.1) is 18.6 Å². The average Bonchev–Trinajstić information content (AvgIpc) is 2.80. The molecule has 4 rings (SSSR count). The number of benzene rings is 3. The molecule has 1 heterocycles. The van der Waals surface area contributed by atoms with Crippen molar-refractivity contribution < 1.29 is 31.7 Å². The van der Waals surface area contributed by atoms with E-state index in [4.69, 9.17) is 18.5 Å². The zero-order chi connectivity index (χ0) is 24.3. The number of methoxy groups -OCH3 is 1. The first-order valence-electron chi connectivity index (χ1n) is 10.9. The first-order chi connectivity index (χ1) is 16.2. The second-order valence-corrected chi connectivity index (χ2v) is 9.83. The summed E-state index contributed by atoms with van der Waals surface area (Å²) in [5.41, 5.74) is -0.0950. The normalized spacial score (nSPS) is 15.5. The molecule has 1 aliphatic rings. The van der Waals surface area contributed by atoms with Gasteiger partial charge in [-0.05, 0) is 61.0 Å². The van der Waals surface area contributed by atoms with Crippen LogP contribution in [0.3, 0.4) is 0 Å². The minimum Gasteiger partial charge on any atom is -0.497 e. The first kappa shape index (κ1) is 24.0. The number of hydroxylamine groups is 2. The largest absolute Gasteiger partial charge is 0.497 e. The lowest BCUT2D eigenvalue weighted by molar-refractivity contribution is -0.211. The minimum absolute atomic E-state index is 0.0257. The maximum Gasteiger partial charge on any atom is 0.318 e. The number of rotatable bonds is 9. The Labute approximate surface area is 199 Å². The van der Waals surface area contributed by atoms with Crippen molar-refractivity contribution in [1.29, 1.82) is 0 Å². The van der Waals surface area contributed by atoms with Crippen molar-refractivity contribution in [1.82, 2.24) is 5.06 Å². The van der Waals surface area contributed by atoms with Gasteiger partial charge < -0.3 is 14.2 Å². The van der Waals surface area contributed by atoms with Gasteiger partial charge in [-0.1, -0.05) is 29.8 Å². The lowest BCUT2D eigenvalue weighted by Crippen LogP contribution is -2.63. The van der Waals surface area contributed by atoms with E-state index in [0.717, 1.165) is 22.1 Å². The first-order valence-corrected chi connectivity index (χ1v) is 12.3. The van der Waals surface area contributed by atoms with Gasteiger partial charge in [-0.15, -0.1) is 0 Å². The summed E-state index contributed by atoms with van der Waals surface area (Å²) in [6.45, 7) is 3.88. The van der Waals surface area contributed by atoms with E-state index < -0.39 is 21.5 Å². The number of carbonyl (C=O) groups is 1. The van der Waals surface area contributed by atoms with Gasteiger partial charge in [0.2, 0.25) is 0 Å². The minimum atomic E-state index is -4.00. The molecule has 8 nitrogen and oxygen atoms in total. The molecule has 3 aromatic carbocycles. The van der Waals surface area contributed by atoms with Crippen molar-refractivity contribution in [3.05, 3.63) is 66.2 Å². The van der Waals surface area contributed by atoms with Gasteiger partial charge in [-0.2, -0.15) is 17.8 Å². The third kappa shape index (κ3) is 5.01. The third-order valence-electron chi connectivity index (χ3n) is 5.71. The smallest absolute Gasteiger partial charge is 0.318 e. The summed E-state index contributed by atoms with van der Waals surface area (Å²) in [6.07, 6.45) is 0. The van der Waals surface area contributed by atoms with Crippen LogP contribution in [0.15, 0.2) is 65.6 Å². The monoisotopic (exact) mass is 485 g/mol. The molecule has 0 saturated carbocycles. The zero-order valence-corrected chi connectivity index (χ0v) is 20.1. The van der Waals surface area contributed by atoms with Crippen molar-refractivity contribution in [2.45, 2.75) is 18.7 Å².